The summed E-state index contributed by atoms with van der Waals surface area (Å²) in [6, 6.07) is 0.858. The van der Waals surface area contributed by atoms with Crippen molar-refractivity contribution >= 4 is 23.6 Å². The summed E-state index contributed by atoms with van der Waals surface area (Å²) in [7, 11) is 0. The third kappa shape index (κ3) is 4.59. The predicted molar refractivity (Wildman–Crippen MR) is 95.6 cm³/mol. The number of hydrogen-bond acceptors (Lipinski definition) is 6. The molecule has 0 saturated heterocycles. The van der Waals surface area contributed by atoms with E-state index in [0.717, 1.165) is 25.7 Å². The highest BCUT2D eigenvalue weighted by molar-refractivity contribution is 7.99. The fourth-order valence-corrected chi connectivity index (χ4v) is 4.67. The first-order valence-corrected chi connectivity index (χ1v) is 10.1. The monoisotopic (exact) mass is 349 g/mol. The number of anilines is 1. The van der Waals surface area contributed by atoms with Crippen LogP contribution in [0.3, 0.4) is 0 Å². The number of nitrogens with two attached hydrogens (primary N) is 1. The molecule has 2 N–H and O–H groups in total. The van der Waals surface area contributed by atoms with E-state index in [1.165, 1.54) is 56.6 Å². The van der Waals surface area contributed by atoms with E-state index in [1.54, 1.807) is 0 Å². The van der Waals surface area contributed by atoms with Crippen LogP contribution in [-0.2, 0) is 4.79 Å². The van der Waals surface area contributed by atoms with Gasteiger partial charge in [0.05, 0.1) is 5.75 Å². The van der Waals surface area contributed by atoms with Gasteiger partial charge in [0.15, 0.2) is 5.16 Å². The van der Waals surface area contributed by atoms with E-state index < -0.39 is 0 Å². The van der Waals surface area contributed by atoms with Crippen LogP contribution in [0.25, 0.3) is 0 Å². The van der Waals surface area contributed by atoms with Crippen molar-refractivity contribution in [3.05, 3.63) is 6.33 Å². The Labute approximate surface area is 148 Å². The minimum atomic E-state index is 0.205. The van der Waals surface area contributed by atoms with Crippen LogP contribution in [0.1, 0.15) is 64.2 Å². The fraction of sp³-hybridized carbons (Fsp3) is 0.765. The summed E-state index contributed by atoms with van der Waals surface area (Å²) in [5.41, 5.74) is 5.59. The smallest absolute Gasteiger partial charge is 0.233 e. The minimum Gasteiger partial charge on any atom is -0.368 e. The summed E-state index contributed by atoms with van der Waals surface area (Å²) >= 11 is 1.37. The van der Waals surface area contributed by atoms with E-state index in [9.17, 15) is 4.79 Å². The van der Waals surface area contributed by atoms with Gasteiger partial charge in [-0.15, -0.1) is 0 Å². The van der Waals surface area contributed by atoms with Crippen LogP contribution in [0.15, 0.2) is 11.5 Å². The molecule has 2 saturated carbocycles. The third-order valence-electron chi connectivity index (χ3n) is 5.12. The number of rotatable bonds is 5. The zero-order chi connectivity index (χ0) is 16.8. The number of thioether (sulfide) groups is 1. The first kappa shape index (κ1) is 17.5. The normalized spacial score (nSPS) is 20.0. The molecule has 0 aromatic carbocycles. The number of aromatic nitrogens is 3. The number of amides is 1. The maximum atomic E-state index is 13.0. The van der Waals surface area contributed by atoms with Gasteiger partial charge in [-0.2, -0.15) is 4.98 Å². The van der Waals surface area contributed by atoms with Gasteiger partial charge in [0.25, 0.3) is 0 Å². The van der Waals surface area contributed by atoms with Gasteiger partial charge >= 0.3 is 0 Å². The van der Waals surface area contributed by atoms with E-state index in [0.29, 0.717) is 23.0 Å². The molecule has 1 amide bonds. The van der Waals surface area contributed by atoms with Crippen molar-refractivity contribution < 1.29 is 4.79 Å². The summed E-state index contributed by atoms with van der Waals surface area (Å²) in [6.45, 7) is 0. The van der Waals surface area contributed by atoms with Crippen molar-refractivity contribution in [2.45, 2.75) is 81.4 Å². The predicted octanol–water partition coefficient (Wildman–Crippen LogP) is 3.04. The first-order valence-electron chi connectivity index (χ1n) is 9.12. The molecular weight excluding hydrogens is 322 g/mol. The van der Waals surface area contributed by atoms with Crippen molar-refractivity contribution in [3.8, 4) is 0 Å². The van der Waals surface area contributed by atoms with E-state index in [-0.39, 0.29) is 11.9 Å². The van der Waals surface area contributed by atoms with Crippen LogP contribution in [0.2, 0.25) is 0 Å². The average molecular weight is 350 g/mol. The first-order chi connectivity index (χ1) is 11.7. The number of nitrogen functional groups attached to an aromatic ring is 1. The summed E-state index contributed by atoms with van der Waals surface area (Å²) in [5.74, 6) is 0.824. The maximum absolute atomic E-state index is 13.0. The van der Waals surface area contributed by atoms with Gasteiger partial charge in [0, 0.05) is 12.1 Å². The molecule has 2 fully saturated rings. The Hall–Kier alpha value is -1.37. The molecule has 132 valence electrons. The Morgan fingerprint density at radius 2 is 1.62 bits per heavy atom. The average Bonchev–Trinajstić information content (AvgIpc) is 2.62. The molecule has 6 nitrogen and oxygen atoms in total. The summed E-state index contributed by atoms with van der Waals surface area (Å²) in [6.07, 6.45) is 13.6. The standard InChI is InChI=1S/C17H27N5OS/c18-16-19-12-20-17(21-16)24-11-15(23)22(13-7-3-1-4-8-13)14-9-5-2-6-10-14/h12-14H,1-11H2,(H2,18,19,20,21). The van der Waals surface area contributed by atoms with Gasteiger partial charge in [0.2, 0.25) is 11.9 Å². The number of hydrogen-bond donors (Lipinski definition) is 1. The molecule has 0 radical (unpaired) electrons. The highest BCUT2D eigenvalue weighted by atomic mass is 32.2. The van der Waals surface area contributed by atoms with Crippen molar-refractivity contribution in [2.24, 2.45) is 0 Å². The molecule has 2 aliphatic carbocycles. The molecule has 0 spiro atoms. The second-order valence-corrected chi connectivity index (χ2v) is 7.74. The van der Waals surface area contributed by atoms with Crippen LogP contribution in [0.4, 0.5) is 5.95 Å². The summed E-state index contributed by atoms with van der Waals surface area (Å²) in [4.78, 5) is 27.2. The SMILES string of the molecule is Nc1ncnc(SCC(=O)N(C2CCCCC2)C2CCCCC2)n1. The van der Waals surface area contributed by atoms with Gasteiger partial charge in [-0.25, -0.2) is 9.97 Å². The Morgan fingerprint density at radius 3 is 2.17 bits per heavy atom. The summed E-state index contributed by atoms with van der Waals surface area (Å²) < 4.78 is 0. The lowest BCUT2D eigenvalue weighted by Gasteiger charge is -2.41. The largest absolute Gasteiger partial charge is 0.368 e. The van der Waals surface area contributed by atoms with Crippen LogP contribution in [0, 0.1) is 0 Å². The van der Waals surface area contributed by atoms with Gasteiger partial charge in [0.1, 0.15) is 6.33 Å². The molecule has 0 unspecified atom stereocenters. The van der Waals surface area contributed by atoms with Gasteiger partial charge < -0.3 is 10.6 Å². The van der Waals surface area contributed by atoms with E-state index in [4.69, 9.17) is 5.73 Å². The highest BCUT2D eigenvalue weighted by Gasteiger charge is 2.32. The molecule has 0 atom stereocenters. The van der Waals surface area contributed by atoms with Crippen LogP contribution in [0.5, 0.6) is 0 Å². The molecule has 2 aliphatic rings. The van der Waals surface area contributed by atoms with Gasteiger partial charge in [-0.05, 0) is 25.7 Å². The Kier molecular flexibility index (Phi) is 6.29. The topological polar surface area (TPSA) is 85.0 Å². The molecule has 1 aromatic heterocycles. The Balaban J connectivity index is 1.65. The van der Waals surface area contributed by atoms with Gasteiger partial charge in [-0.1, -0.05) is 50.3 Å². The zero-order valence-corrected chi connectivity index (χ0v) is 15.0. The van der Waals surface area contributed by atoms with Crippen molar-refractivity contribution in [1.29, 1.82) is 0 Å². The van der Waals surface area contributed by atoms with Crippen LogP contribution >= 0.6 is 11.8 Å². The molecule has 7 heteroatoms. The number of carbonyl (C=O) groups is 1. The third-order valence-corrected chi connectivity index (χ3v) is 5.96. The molecule has 3 rings (SSSR count). The zero-order valence-electron chi connectivity index (χ0n) is 14.2. The second kappa shape index (κ2) is 8.65. The lowest BCUT2D eigenvalue weighted by molar-refractivity contribution is -0.135. The van der Waals surface area contributed by atoms with E-state index >= 15 is 0 Å². The molecular formula is C17H27N5OS. The lowest BCUT2D eigenvalue weighted by atomic mass is 9.88. The quantitative estimate of drug-likeness (QED) is 0.823. The Bertz CT molecular complexity index is 526. The fourth-order valence-electron chi connectivity index (χ4n) is 3.99. The number of nitrogens with zero attached hydrogens (tertiary/aromatic N) is 4. The molecule has 1 heterocycles. The van der Waals surface area contributed by atoms with Crippen molar-refractivity contribution in [3.63, 3.8) is 0 Å². The minimum absolute atomic E-state index is 0.205. The van der Waals surface area contributed by atoms with Crippen LogP contribution in [-0.4, -0.2) is 43.6 Å². The van der Waals surface area contributed by atoms with Crippen LogP contribution < -0.4 is 5.73 Å². The Morgan fingerprint density at radius 1 is 1.04 bits per heavy atom. The van der Waals surface area contributed by atoms with Gasteiger partial charge in [-0.3, -0.25) is 4.79 Å². The van der Waals surface area contributed by atoms with E-state index in [1.807, 2.05) is 0 Å². The lowest BCUT2D eigenvalue weighted by Crippen LogP contribution is -2.49. The van der Waals surface area contributed by atoms with Crippen molar-refractivity contribution in [1.82, 2.24) is 19.9 Å². The van der Waals surface area contributed by atoms with E-state index in [2.05, 4.69) is 19.9 Å². The molecule has 24 heavy (non-hydrogen) atoms. The van der Waals surface area contributed by atoms with Crippen molar-refractivity contribution in [2.75, 3.05) is 11.5 Å². The molecule has 0 aliphatic heterocycles. The second-order valence-electron chi connectivity index (χ2n) is 6.80. The summed E-state index contributed by atoms with van der Waals surface area (Å²) in [5, 5.41) is 0.531. The molecule has 1 aromatic rings. The molecule has 0 bridgehead atoms. The number of carbonyl (C=O) groups excluding carboxylic acids is 1. The highest BCUT2D eigenvalue weighted by Crippen LogP contribution is 2.31. The maximum Gasteiger partial charge on any atom is 0.233 e.